The van der Waals surface area contributed by atoms with Crippen molar-refractivity contribution in [2.24, 2.45) is 0 Å². The standard InChI is InChI=1S/C13H11BF4NO.K/c1-9-4-10(7-19-6-9)8-20-13-5-11(14(16,17)18)2-3-12(13)15;/h2-7H,8H2,1H3;/q-1;+1. The fourth-order valence-corrected chi connectivity index (χ4v) is 1.69. The maximum absolute atomic E-state index is 13.4. The van der Waals surface area contributed by atoms with E-state index in [1.165, 1.54) is 6.20 Å². The fraction of sp³-hybridized carbons (Fsp3) is 0.154. The van der Waals surface area contributed by atoms with Crippen molar-refractivity contribution in [2.75, 3.05) is 0 Å². The first-order valence-electron chi connectivity index (χ1n) is 5.89. The molecule has 0 N–H and O–H groups in total. The van der Waals surface area contributed by atoms with Crippen molar-refractivity contribution in [3.05, 3.63) is 53.6 Å². The molecule has 1 aromatic heterocycles. The molecule has 0 aliphatic heterocycles. The van der Waals surface area contributed by atoms with E-state index in [1.807, 2.05) is 6.92 Å². The normalized spacial score (nSPS) is 10.9. The van der Waals surface area contributed by atoms with E-state index in [-0.39, 0.29) is 58.0 Å². The van der Waals surface area contributed by atoms with E-state index in [0.29, 0.717) is 17.7 Å². The first kappa shape index (κ1) is 18.6. The second-order valence-corrected chi connectivity index (χ2v) is 4.42. The summed E-state index contributed by atoms with van der Waals surface area (Å²) in [6.45, 7) is -3.39. The molecule has 0 aliphatic carbocycles. The molecule has 0 amide bonds. The van der Waals surface area contributed by atoms with E-state index in [1.54, 1.807) is 12.3 Å². The molecule has 1 aromatic carbocycles. The second-order valence-electron chi connectivity index (χ2n) is 4.42. The Bertz CT molecular complexity index is 621. The monoisotopic (exact) mass is 323 g/mol. The van der Waals surface area contributed by atoms with Crippen LogP contribution in [0.4, 0.5) is 17.3 Å². The first-order chi connectivity index (χ1) is 9.36. The van der Waals surface area contributed by atoms with Gasteiger partial charge in [0.1, 0.15) is 6.61 Å². The van der Waals surface area contributed by atoms with Crippen molar-refractivity contribution in [3.8, 4) is 5.75 Å². The van der Waals surface area contributed by atoms with Gasteiger partial charge in [-0.15, -0.1) is 5.46 Å². The summed E-state index contributed by atoms with van der Waals surface area (Å²) < 4.78 is 56.3. The smallest absolute Gasteiger partial charge is 0.486 e. The SMILES string of the molecule is Cc1cncc(COc2cc([B-](F)(F)F)ccc2F)c1.[K+]. The van der Waals surface area contributed by atoms with Crippen LogP contribution < -0.4 is 61.6 Å². The van der Waals surface area contributed by atoms with E-state index in [4.69, 9.17) is 4.74 Å². The molecule has 2 aromatic rings. The zero-order chi connectivity index (χ0) is 14.8. The molecule has 1 heterocycles. The van der Waals surface area contributed by atoms with Crippen molar-refractivity contribution in [2.45, 2.75) is 13.5 Å². The predicted molar refractivity (Wildman–Crippen MR) is 68.4 cm³/mol. The van der Waals surface area contributed by atoms with Crippen molar-refractivity contribution < 1.29 is 73.5 Å². The number of hydrogen-bond acceptors (Lipinski definition) is 2. The van der Waals surface area contributed by atoms with Crippen molar-refractivity contribution >= 4 is 12.4 Å². The van der Waals surface area contributed by atoms with Crippen LogP contribution in [-0.4, -0.2) is 12.0 Å². The van der Waals surface area contributed by atoms with Crippen LogP contribution in [0.25, 0.3) is 0 Å². The van der Waals surface area contributed by atoms with E-state index < -0.39 is 24.0 Å². The second kappa shape index (κ2) is 7.73. The predicted octanol–water partition coefficient (Wildman–Crippen LogP) is 0.167. The van der Waals surface area contributed by atoms with Gasteiger partial charge in [-0.2, -0.15) is 0 Å². The molecular formula is C13H11BF4KNO. The third-order valence-corrected chi connectivity index (χ3v) is 2.66. The maximum atomic E-state index is 13.4. The summed E-state index contributed by atoms with van der Waals surface area (Å²) in [6, 6.07) is 3.91. The Morgan fingerprint density at radius 3 is 2.48 bits per heavy atom. The summed E-state index contributed by atoms with van der Waals surface area (Å²) in [4.78, 5) is 3.93. The van der Waals surface area contributed by atoms with Gasteiger partial charge in [0.05, 0.1) is 0 Å². The molecule has 0 bridgehead atoms. The van der Waals surface area contributed by atoms with Crippen LogP contribution in [0.5, 0.6) is 5.75 Å². The van der Waals surface area contributed by atoms with Crippen LogP contribution in [0.2, 0.25) is 0 Å². The zero-order valence-electron chi connectivity index (χ0n) is 11.6. The number of benzene rings is 1. The van der Waals surface area contributed by atoms with Gasteiger partial charge in [-0.05, 0) is 30.7 Å². The zero-order valence-corrected chi connectivity index (χ0v) is 14.7. The average molecular weight is 323 g/mol. The summed E-state index contributed by atoms with van der Waals surface area (Å²) >= 11 is 0. The van der Waals surface area contributed by atoms with Gasteiger partial charge in [0.15, 0.2) is 11.6 Å². The van der Waals surface area contributed by atoms with Gasteiger partial charge in [0.25, 0.3) is 0 Å². The van der Waals surface area contributed by atoms with Crippen molar-refractivity contribution in [1.82, 2.24) is 4.98 Å². The number of pyridine rings is 1. The summed E-state index contributed by atoms with van der Waals surface area (Å²) in [6.07, 6.45) is 3.15. The fourth-order valence-electron chi connectivity index (χ4n) is 1.69. The average Bonchev–Trinajstić information content (AvgIpc) is 2.36. The third-order valence-electron chi connectivity index (χ3n) is 2.66. The van der Waals surface area contributed by atoms with Gasteiger partial charge in [0.2, 0.25) is 0 Å². The molecule has 8 heteroatoms. The Labute approximate surface area is 162 Å². The maximum Gasteiger partial charge on any atom is 1.00 e. The van der Waals surface area contributed by atoms with Gasteiger partial charge in [-0.25, -0.2) is 4.39 Å². The Kier molecular flexibility index (Phi) is 6.86. The molecule has 0 spiro atoms. The van der Waals surface area contributed by atoms with Crippen LogP contribution >= 0.6 is 0 Å². The molecule has 0 atom stereocenters. The molecule has 21 heavy (non-hydrogen) atoms. The molecular weight excluding hydrogens is 312 g/mol. The quantitative estimate of drug-likeness (QED) is 0.591. The number of aromatic nitrogens is 1. The molecule has 0 unspecified atom stereocenters. The van der Waals surface area contributed by atoms with Crippen LogP contribution in [-0.2, 0) is 6.61 Å². The number of hydrogen-bond donors (Lipinski definition) is 0. The van der Waals surface area contributed by atoms with Gasteiger partial charge in [0, 0.05) is 18.0 Å². The topological polar surface area (TPSA) is 22.1 Å². The van der Waals surface area contributed by atoms with Gasteiger partial charge < -0.3 is 17.7 Å². The van der Waals surface area contributed by atoms with Gasteiger partial charge >= 0.3 is 58.4 Å². The van der Waals surface area contributed by atoms with Crippen molar-refractivity contribution in [3.63, 3.8) is 0 Å². The van der Waals surface area contributed by atoms with Crippen LogP contribution in [0.15, 0.2) is 36.7 Å². The summed E-state index contributed by atoms with van der Waals surface area (Å²) in [5.41, 5.74) is 0.662. The Balaban J connectivity index is 0.00000220. The van der Waals surface area contributed by atoms with Gasteiger partial charge in [-0.3, -0.25) is 4.98 Å². The minimum atomic E-state index is -5.18. The van der Waals surface area contributed by atoms with E-state index in [9.17, 15) is 17.3 Å². The molecule has 0 saturated carbocycles. The van der Waals surface area contributed by atoms with E-state index in [2.05, 4.69) is 4.98 Å². The first-order valence-corrected chi connectivity index (χ1v) is 5.89. The van der Waals surface area contributed by atoms with Crippen LogP contribution in [0, 0.1) is 12.7 Å². The number of ether oxygens (including phenoxy) is 1. The summed E-state index contributed by atoms with van der Waals surface area (Å²) in [5, 5.41) is 0. The van der Waals surface area contributed by atoms with Crippen LogP contribution in [0.1, 0.15) is 11.1 Å². The summed E-state index contributed by atoms with van der Waals surface area (Å²) in [5.74, 6) is -1.24. The van der Waals surface area contributed by atoms with Crippen LogP contribution in [0.3, 0.4) is 0 Å². The number of aryl methyl sites for hydroxylation is 1. The van der Waals surface area contributed by atoms with Crippen molar-refractivity contribution in [1.29, 1.82) is 0 Å². The molecule has 2 nitrogen and oxygen atoms in total. The van der Waals surface area contributed by atoms with E-state index in [0.717, 1.165) is 11.6 Å². The Morgan fingerprint density at radius 1 is 1.14 bits per heavy atom. The number of rotatable bonds is 4. The largest absolute Gasteiger partial charge is 1.00 e. The minimum absolute atomic E-state index is 0. The summed E-state index contributed by atoms with van der Waals surface area (Å²) in [7, 11) is 0. The molecule has 0 aliphatic rings. The minimum Gasteiger partial charge on any atom is -0.486 e. The van der Waals surface area contributed by atoms with Gasteiger partial charge in [-0.1, -0.05) is 6.07 Å². The molecule has 2 rings (SSSR count). The Hall–Kier alpha value is -0.409. The molecule has 0 radical (unpaired) electrons. The number of nitrogens with zero attached hydrogens (tertiary/aromatic N) is 1. The molecule has 0 saturated heterocycles. The Morgan fingerprint density at radius 2 is 1.86 bits per heavy atom. The number of halogens is 4. The van der Waals surface area contributed by atoms with E-state index >= 15 is 0 Å². The molecule has 0 fully saturated rings. The third kappa shape index (κ3) is 5.37. The molecule has 106 valence electrons.